The standard InChI is InChI=1S/C55H49NOS/c1-34-13-27-50(47(30-34)38-8-5-4-6-9-38)56(43-24-19-39(20-25-43)44-10-7-11-46-45-26-12-36(3)32-53(45)58-55(44)46)42-22-17-37(18-23-42)41-16-15-40-21-29-52-54(48(40)33-41)49-31-35(2)14-28-51(49)57-52/h4-11,14-30,33-36,49,51,53H,12-13,31-32H2,1-3H3. The first-order valence-corrected chi connectivity index (χ1v) is 22.2. The maximum atomic E-state index is 6.47. The zero-order valence-electron chi connectivity index (χ0n) is 33.6. The van der Waals surface area contributed by atoms with Crippen molar-refractivity contribution in [1.82, 2.24) is 0 Å². The smallest absolute Gasteiger partial charge is 0.124 e. The number of hydrogen-bond donors (Lipinski definition) is 0. The van der Waals surface area contributed by atoms with Crippen molar-refractivity contribution in [3.63, 3.8) is 0 Å². The van der Waals surface area contributed by atoms with E-state index in [1.165, 1.54) is 78.7 Å². The highest BCUT2D eigenvalue weighted by atomic mass is 32.2. The molecule has 6 aromatic carbocycles. The van der Waals surface area contributed by atoms with Crippen molar-refractivity contribution in [2.45, 2.75) is 68.6 Å². The minimum atomic E-state index is 0.143. The molecule has 0 saturated heterocycles. The van der Waals surface area contributed by atoms with E-state index in [2.05, 4.69) is 195 Å². The van der Waals surface area contributed by atoms with E-state index in [-0.39, 0.29) is 6.10 Å². The van der Waals surface area contributed by atoms with Gasteiger partial charge >= 0.3 is 0 Å². The van der Waals surface area contributed by atoms with Crippen molar-refractivity contribution in [2.75, 3.05) is 4.90 Å². The lowest BCUT2D eigenvalue weighted by atomic mass is 9.80. The molecular weight excluding hydrogens is 723 g/mol. The van der Waals surface area contributed by atoms with Crippen molar-refractivity contribution < 1.29 is 4.74 Å². The summed E-state index contributed by atoms with van der Waals surface area (Å²) in [5.74, 6) is 3.23. The number of rotatable bonds is 6. The van der Waals surface area contributed by atoms with Crippen LogP contribution in [0.15, 0.2) is 168 Å². The van der Waals surface area contributed by atoms with Crippen LogP contribution < -0.4 is 9.64 Å². The van der Waals surface area contributed by atoms with Crippen LogP contribution in [0.3, 0.4) is 0 Å². The summed E-state index contributed by atoms with van der Waals surface area (Å²) < 4.78 is 6.47. The molecule has 11 rings (SSSR count). The maximum Gasteiger partial charge on any atom is 0.124 e. The summed E-state index contributed by atoms with van der Waals surface area (Å²) in [6.07, 6.45) is 16.7. The van der Waals surface area contributed by atoms with Gasteiger partial charge in [-0.15, -0.1) is 11.8 Å². The van der Waals surface area contributed by atoms with Crippen molar-refractivity contribution in [3.05, 3.63) is 180 Å². The average molecular weight is 772 g/mol. The van der Waals surface area contributed by atoms with Gasteiger partial charge in [-0.1, -0.05) is 136 Å². The van der Waals surface area contributed by atoms with E-state index in [0.29, 0.717) is 23.0 Å². The number of ether oxygens (including phenoxy) is 1. The molecular formula is C55H49NOS. The lowest BCUT2D eigenvalue weighted by molar-refractivity contribution is 0.234. The van der Waals surface area contributed by atoms with E-state index >= 15 is 0 Å². The summed E-state index contributed by atoms with van der Waals surface area (Å²) in [5.41, 5.74) is 15.5. The van der Waals surface area contributed by atoms with Crippen molar-refractivity contribution in [3.8, 4) is 28.0 Å². The number of anilines is 2. The second-order valence-electron chi connectivity index (χ2n) is 17.4. The summed E-state index contributed by atoms with van der Waals surface area (Å²) in [7, 11) is 0. The molecule has 0 N–H and O–H groups in total. The molecule has 6 aromatic rings. The Labute approximate surface area is 347 Å². The largest absolute Gasteiger partial charge is 0.485 e. The molecule has 5 aliphatic rings. The lowest BCUT2D eigenvalue weighted by Gasteiger charge is -2.32. The van der Waals surface area contributed by atoms with Gasteiger partial charge in [0.2, 0.25) is 0 Å². The molecule has 286 valence electrons. The Kier molecular flexibility index (Phi) is 8.84. The van der Waals surface area contributed by atoms with Crippen molar-refractivity contribution >= 4 is 45.1 Å². The van der Waals surface area contributed by atoms with Gasteiger partial charge in [-0.2, -0.15) is 0 Å². The molecule has 0 radical (unpaired) electrons. The third-order valence-corrected chi connectivity index (χ3v) is 14.6. The second kappa shape index (κ2) is 14.4. The van der Waals surface area contributed by atoms with Crippen LogP contribution in [0.4, 0.5) is 11.4 Å². The van der Waals surface area contributed by atoms with Gasteiger partial charge < -0.3 is 9.64 Å². The van der Waals surface area contributed by atoms with Crippen LogP contribution in [0, 0.1) is 17.8 Å². The molecule has 58 heavy (non-hydrogen) atoms. The molecule has 0 fully saturated rings. The van der Waals surface area contributed by atoms with E-state index in [1.54, 1.807) is 5.57 Å². The zero-order chi connectivity index (χ0) is 38.9. The molecule has 0 aromatic heterocycles. The van der Waals surface area contributed by atoms with Gasteiger partial charge in [-0.05, 0) is 136 Å². The molecule has 6 unspecified atom stereocenters. The first-order chi connectivity index (χ1) is 28.4. The van der Waals surface area contributed by atoms with Crippen LogP contribution in [0.2, 0.25) is 0 Å². The molecule has 0 amide bonds. The number of thioether (sulfide) groups is 1. The highest BCUT2D eigenvalue weighted by Crippen LogP contribution is 2.54. The van der Waals surface area contributed by atoms with Crippen LogP contribution in [0.5, 0.6) is 5.75 Å². The predicted octanol–water partition coefficient (Wildman–Crippen LogP) is 15.0. The van der Waals surface area contributed by atoms with Gasteiger partial charge in [0.05, 0.1) is 0 Å². The van der Waals surface area contributed by atoms with Crippen LogP contribution in [0.25, 0.3) is 44.2 Å². The minimum Gasteiger partial charge on any atom is -0.485 e. The van der Waals surface area contributed by atoms with Gasteiger partial charge in [0, 0.05) is 44.3 Å². The lowest BCUT2D eigenvalue weighted by Crippen LogP contribution is -2.21. The Bertz CT molecular complexity index is 2680. The topological polar surface area (TPSA) is 12.5 Å². The Hall–Kier alpha value is -5.51. The Morgan fingerprint density at radius 2 is 1.36 bits per heavy atom. The minimum absolute atomic E-state index is 0.143. The second-order valence-corrected chi connectivity index (χ2v) is 18.6. The van der Waals surface area contributed by atoms with Crippen LogP contribution in [0.1, 0.15) is 69.1 Å². The molecule has 0 saturated carbocycles. The molecule has 6 atom stereocenters. The fourth-order valence-corrected chi connectivity index (χ4v) is 11.9. The Morgan fingerprint density at radius 1 is 0.621 bits per heavy atom. The van der Waals surface area contributed by atoms with Gasteiger partial charge in [0.25, 0.3) is 0 Å². The van der Waals surface area contributed by atoms with Gasteiger partial charge in [0.15, 0.2) is 0 Å². The fraction of sp³-hybridized carbons (Fsp3) is 0.236. The Balaban J connectivity index is 0.971. The quantitative estimate of drug-likeness (QED) is 0.157. The third kappa shape index (κ3) is 6.18. The Morgan fingerprint density at radius 3 is 2.17 bits per heavy atom. The number of benzene rings is 6. The van der Waals surface area contributed by atoms with Gasteiger partial charge in [0.1, 0.15) is 11.9 Å². The van der Waals surface area contributed by atoms with E-state index in [4.69, 9.17) is 4.74 Å². The number of fused-ring (bicyclic) bond motifs is 8. The first kappa shape index (κ1) is 35.6. The van der Waals surface area contributed by atoms with Gasteiger partial charge in [-0.25, -0.2) is 0 Å². The fourth-order valence-electron chi connectivity index (χ4n) is 10.2. The summed E-state index contributed by atoms with van der Waals surface area (Å²) in [5, 5.41) is 3.18. The average Bonchev–Trinajstić information content (AvgIpc) is 3.82. The summed E-state index contributed by atoms with van der Waals surface area (Å²) in [6, 6.07) is 47.8. The van der Waals surface area contributed by atoms with Crippen LogP contribution >= 0.6 is 11.8 Å². The predicted molar refractivity (Wildman–Crippen MR) is 246 cm³/mol. The van der Waals surface area contributed by atoms with Crippen molar-refractivity contribution in [2.24, 2.45) is 17.8 Å². The first-order valence-electron chi connectivity index (χ1n) is 21.4. The highest BCUT2D eigenvalue weighted by molar-refractivity contribution is 8.01. The van der Waals surface area contributed by atoms with Crippen molar-refractivity contribution in [1.29, 1.82) is 0 Å². The normalized spacial score (nSPS) is 24.2. The summed E-state index contributed by atoms with van der Waals surface area (Å²) in [6.45, 7) is 7.04. The van der Waals surface area contributed by atoms with E-state index in [1.807, 2.05) is 0 Å². The number of hydrogen-bond acceptors (Lipinski definition) is 3. The van der Waals surface area contributed by atoms with Crippen LogP contribution in [-0.4, -0.2) is 11.4 Å². The molecule has 2 nitrogen and oxygen atoms in total. The maximum absolute atomic E-state index is 6.47. The summed E-state index contributed by atoms with van der Waals surface area (Å²) >= 11 is 2.08. The molecule has 2 heterocycles. The monoisotopic (exact) mass is 771 g/mol. The van der Waals surface area contributed by atoms with E-state index in [0.717, 1.165) is 35.9 Å². The molecule has 3 heteroatoms. The number of nitrogens with zero attached hydrogens (tertiary/aromatic N) is 1. The molecule has 2 aliphatic heterocycles. The highest BCUT2D eigenvalue weighted by Gasteiger charge is 2.37. The molecule has 3 aliphatic carbocycles. The number of allylic oxidation sites excluding steroid dienone is 5. The SMILES string of the molecule is CC1C=C(c2ccccc2)C(N(c2ccc(-c3ccc4ccc5c(c4c3)C3CC(C)C=CC3O5)cc2)c2ccc(-c3cccc4c3SC3CC(C)CC=C43)cc2)=CC1. The van der Waals surface area contributed by atoms with E-state index < -0.39 is 0 Å². The molecule has 0 bridgehead atoms. The summed E-state index contributed by atoms with van der Waals surface area (Å²) in [4.78, 5) is 3.92. The van der Waals surface area contributed by atoms with Crippen LogP contribution in [-0.2, 0) is 0 Å². The molecule has 0 spiro atoms. The van der Waals surface area contributed by atoms with E-state index in [9.17, 15) is 0 Å². The zero-order valence-corrected chi connectivity index (χ0v) is 34.4. The third-order valence-electron chi connectivity index (χ3n) is 13.2. The van der Waals surface area contributed by atoms with Gasteiger partial charge in [-0.3, -0.25) is 0 Å².